The van der Waals surface area contributed by atoms with E-state index in [1.165, 1.54) is 23.5 Å². The number of hydrogen-bond acceptors (Lipinski definition) is 2. The third-order valence-electron chi connectivity index (χ3n) is 2.13. The van der Waals surface area contributed by atoms with Crippen LogP contribution in [0.3, 0.4) is 0 Å². The van der Waals surface area contributed by atoms with Crippen LogP contribution >= 0.6 is 22.9 Å². The van der Waals surface area contributed by atoms with E-state index >= 15 is 0 Å². The lowest BCUT2D eigenvalue weighted by Gasteiger charge is -2.11. The van der Waals surface area contributed by atoms with Crippen LogP contribution in [-0.4, -0.2) is 5.11 Å². The molecule has 0 aliphatic heterocycles. The predicted molar refractivity (Wildman–Crippen MR) is 59.8 cm³/mol. The molecular weight excluding hydrogens is 235 g/mol. The van der Waals surface area contributed by atoms with Gasteiger partial charge in [-0.3, -0.25) is 0 Å². The first-order valence-electron chi connectivity index (χ1n) is 4.34. The maximum absolute atomic E-state index is 13.1. The van der Waals surface area contributed by atoms with Gasteiger partial charge in [-0.25, -0.2) is 4.39 Å². The summed E-state index contributed by atoms with van der Waals surface area (Å²) in [7, 11) is 0. The highest BCUT2D eigenvalue weighted by atomic mass is 35.5. The minimum atomic E-state index is -0.862. The van der Waals surface area contributed by atoms with Crippen molar-refractivity contribution in [3.8, 4) is 0 Å². The Bertz CT molecular complexity index is 456. The van der Waals surface area contributed by atoms with Gasteiger partial charge in [-0.2, -0.15) is 11.3 Å². The molecule has 15 heavy (non-hydrogen) atoms. The first-order valence-corrected chi connectivity index (χ1v) is 5.66. The number of benzene rings is 1. The van der Waals surface area contributed by atoms with E-state index < -0.39 is 11.9 Å². The molecule has 0 saturated carbocycles. The van der Waals surface area contributed by atoms with E-state index in [0.717, 1.165) is 5.56 Å². The Hall–Kier alpha value is -0.900. The van der Waals surface area contributed by atoms with E-state index in [2.05, 4.69) is 0 Å². The second kappa shape index (κ2) is 4.31. The number of hydrogen-bond donors (Lipinski definition) is 1. The van der Waals surface area contributed by atoms with E-state index in [-0.39, 0.29) is 5.02 Å². The van der Waals surface area contributed by atoms with E-state index in [1.807, 2.05) is 10.8 Å². The van der Waals surface area contributed by atoms with E-state index in [0.29, 0.717) is 5.56 Å². The average molecular weight is 243 g/mol. The van der Waals surface area contributed by atoms with Gasteiger partial charge >= 0.3 is 0 Å². The van der Waals surface area contributed by atoms with Crippen LogP contribution in [0.2, 0.25) is 5.02 Å². The lowest BCUT2D eigenvalue weighted by atomic mass is 10.0. The third-order valence-corrected chi connectivity index (χ3v) is 3.24. The van der Waals surface area contributed by atoms with Crippen molar-refractivity contribution in [3.05, 3.63) is 57.0 Å². The fraction of sp³-hybridized carbons (Fsp3) is 0.0909. The zero-order valence-corrected chi connectivity index (χ0v) is 9.23. The molecule has 0 spiro atoms. The van der Waals surface area contributed by atoms with Gasteiger partial charge in [-0.1, -0.05) is 23.7 Å². The van der Waals surface area contributed by atoms with Gasteiger partial charge in [0.1, 0.15) is 11.9 Å². The van der Waals surface area contributed by atoms with Crippen molar-refractivity contribution in [1.29, 1.82) is 0 Å². The second-order valence-electron chi connectivity index (χ2n) is 3.10. The standard InChI is InChI=1S/C11H8ClFOS/c12-10-8(2-1-3-9(10)13)11(14)7-4-5-15-6-7/h1-6,11,14H. The molecule has 1 atom stereocenters. The highest BCUT2D eigenvalue weighted by Gasteiger charge is 2.16. The summed E-state index contributed by atoms with van der Waals surface area (Å²) in [6.07, 6.45) is -0.862. The van der Waals surface area contributed by atoms with Crippen molar-refractivity contribution in [2.75, 3.05) is 0 Å². The molecule has 1 aromatic heterocycles. The highest BCUT2D eigenvalue weighted by Crippen LogP contribution is 2.30. The van der Waals surface area contributed by atoms with Crippen LogP contribution in [0.5, 0.6) is 0 Å². The van der Waals surface area contributed by atoms with Crippen molar-refractivity contribution >= 4 is 22.9 Å². The molecule has 2 aromatic rings. The first-order chi connectivity index (χ1) is 7.20. The lowest BCUT2D eigenvalue weighted by molar-refractivity contribution is 0.220. The molecule has 0 radical (unpaired) electrons. The molecule has 0 aliphatic rings. The molecule has 1 nitrogen and oxygen atoms in total. The summed E-state index contributed by atoms with van der Waals surface area (Å²) in [4.78, 5) is 0. The minimum absolute atomic E-state index is 0.0174. The smallest absolute Gasteiger partial charge is 0.142 e. The van der Waals surface area contributed by atoms with Crippen LogP contribution in [0.15, 0.2) is 35.0 Å². The van der Waals surface area contributed by atoms with Crippen molar-refractivity contribution in [1.82, 2.24) is 0 Å². The maximum Gasteiger partial charge on any atom is 0.142 e. The van der Waals surface area contributed by atoms with E-state index in [1.54, 1.807) is 12.1 Å². The monoisotopic (exact) mass is 242 g/mol. The minimum Gasteiger partial charge on any atom is -0.384 e. The molecule has 1 aromatic carbocycles. The number of halogens is 2. The fourth-order valence-electron chi connectivity index (χ4n) is 1.34. The van der Waals surface area contributed by atoms with Gasteiger partial charge in [0.15, 0.2) is 0 Å². The van der Waals surface area contributed by atoms with Crippen LogP contribution in [-0.2, 0) is 0 Å². The normalized spacial score (nSPS) is 12.7. The molecule has 4 heteroatoms. The Morgan fingerprint density at radius 3 is 2.80 bits per heavy atom. The van der Waals surface area contributed by atoms with Gasteiger partial charge < -0.3 is 5.11 Å². The summed E-state index contributed by atoms with van der Waals surface area (Å²) in [5.74, 6) is -0.511. The van der Waals surface area contributed by atoms with Crippen molar-refractivity contribution in [2.24, 2.45) is 0 Å². The van der Waals surface area contributed by atoms with Crippen molar-refractivity contribution < 1.29 is 9.50 Å². The Morgan fingerprint density at radius 2 is 2.13 bits per heavy atom. The predicted octanol–water partition coefficient (Wildman–Crippen LogP) is 3.62. The summed E-state index contributed by atoms with van der Waals surface area (Å²) in [6.45, 7) is 0. The first kappa shape index (κ1) is 10.6. The molecule has 78 valence electrons. The third kappa shape index (κ3) is 2.04. The van der Waals surface area contributed by atoms with Gasteiger partial charge in [-0.15, -0.1) is 0 Å². The van der Waals surface area contributed by atoms with Crippen LogP contribution in [0.1, 0.15) is 17.2 Å². The van der Waals surface area contributed by atoms with E-state index in [4.69, 9.17) is 11.6 Å². The SMILES string of the molecule is OC(c1ccsc1)c1cccc(F)c1Cl. The molecule has 0 bridgehead atoms. The Balaban J connectivity index is 2.42. The molecule has 1 heterocycles. The summed E-state index contributed by atoms with van der Waals surface area (Å²) in [5, 5.41) is 13.6. The largest absolute Gasteiger partial charge is 0.384 e. The quantitative estimate of drug-likeness (QED) is 0.853. The van der Waals surface area contributed by atoms with Crippen molar-refractivity contribution in [3.63, 3.8) is 0 Å². The highest BCUT2D eigenvalue weighted by molar-refractivity contribution is 7.07. The summed E-state index contributed by atoms with van der Waals surface area (Å²) >= 11 is 7.25. The summed E-state index contributed by atoms with van der Waals surface area (Å²) < 4.78 is 13.1. The molecule has 1 N–H and O–H groups in total. The van der Waals surface area contributed by atoms with Gasteiger partial charge in [0.25, 0.3) is 0 Å². The number of thiophene rings is 1. The summed E-state index contributed by atoms with van der Waals surface area (Å²) in [6, 6.07) is 6.21. The average Bonchev–Trinajstić information content (AvgIpc) is 2.74. The van der Waals surface area contributed by atoms with Crippen LogP contribution in [0.4, 0.5) is 4.39 Å². The number of aliphatic hydroxyl groups is 1. The van der Waals surface area contributed by atoms with Gasteiger partial charge in [0.2, 0.25) is 0 Å². The van der Waals surface area contributed by atoms with Gasteiger partial charge in [0.05, 0.1) is 5.02 Å². The summed E-state index contributed by atoms with van der Waals surface area (Å²) in [5.41, 5.74) is 1.13. The Morgan fingerprint density at radius 1 is 1.33 bits per heavy atom. The van der Waals surface area contributed by atoms with Gasteiger partial charge in [0, 0.05) is 5.56 Å². The molecule has 2 rings (SSSR count). The van der Waals surface area contributed by atoms with Gasteiger partial charge in [-0.05, 0) is 28.5 Å². The molecule has 0 amide bonds. The maximum atomic E-state index is 13.1. The zero-order valence-electron chi connectivity index (χ0n) is 7.65. The molecule has 0 saturated heterocycles. The number of rotatable bonds is 2. The second-order valence-corrected chi connectivity index (χ2v) is 4.26. The van der Waals surface area contributed by atoms with E-state index in [9.17, 15) is 9.50 Å². The Kier molecular flexibility index (Phi) is 3.05. The zero-order chi connectivity index (χ0) is 10.8. The van der Waals surface area contributed by atoms with Crippen LogP contribution in [0, 0.1) is 5.82 Å². The number of aliphatic hydroxyl groups excluding tert-OH is 1. The van der Waals surface area contributed by atoms with Crippen molar-refractivity contribution in [2.45, 2.75) is 6.10 Å². The molecular formula is C11H8ClFOS. The Labute approximate surface area is 95.8 Å². The van der Waals surface area contributed by atoms with Crippen LogP contribution < -0.4 is 0 Å². The molecule has 0 fully saturated rings. The topological polar surface area (TPSA) is 20.2 Å². The molecule has 1 unspecified atom stereocenters. The lowest BCUT2D eigenvalue weighted by Crippen LogP contribution is -1.99. The fourth-order valence-corrected chi connectivity index (χ4v) is 2.25. The van der Waals surface area contributed by atoms with Crippen LogP contribution in [0.25, 0.3) is 0 Å². The molecule has 0 aliphatic carbocycles.